The molecule has 0 aliphatic carbocycles. The van der Waals surface area contributed by atoms with E-state index >= 15 is 0 Å². The smallest absolute Gasteiger partial charge is 0.0707 e. The Bertz CT molecular complexity index is 452. The van der Waals surface area contributed by atoms with Crippen molar-refractivity contribution >= 4 is 39.5 Å². The lowest BCUT2D eigenvalue weighted by Crippen LogP contribution is -2.38. The molecule has 6 heteroatoms. The van der Waals surface area contributed by atoms with Gasteiger partial charge in [-0.1, -0.05) is 27.7 Å². The minimum atomic E-state index is 0.367. The van der Waals surface area contributed by atoms with Gasteiger partial charge in [0.15, 0.2) is 0 Å². The van der Waals surface area contributed by atoms with Crippen molar-refractivity contribution in [3.8, 4) is 0 Å². The van der Waals surface area contributed by atoms with Crippen LogP contribution in [0.2, 0.25) is 0 Å². The molecule has 1 aliphatic heterocycles. The number of rotatable bonds is 6. The van der Waals surface area contributed by atoms with Crippen LogP contribution >= 0.6 is 39.5 Å². The minimum Gasteiger partial charge on any atom is -0.308 e. The van der Waals surface area contributed by atoms with Gasteiger partial charge in [-0.25, -0.2) is 0 Å². The number of hydrogen-bond donors (Lipinski definition) is 1. The summed E-state index contributed by atoms with van der Waals surface area (Å²) in [5.41, 5.74) is 1.32. The summed E-state index contributed by atoms with van der Waals surface area (Å²) >= 11 is 7.95. The second-order valence-corrected chi connectivity index (χ2v) is 9.44. The molecule has 1 aromatic rings. The Hall–Kier alpha value is 0.350. The van der Waals surface area contributed by atoms with Crippen LogP contribution in [0.3, 0.4) is 0 Å². The average Bonchev–Trinajstić information content (AvgIpc) is 2.81. The highest BCUT2D eigenvalue weighted by atomic mass is 79.9. The quantitative estimate of drug-likeness (QED) is 0.781. The van der Waals surface area contributed by atoms with Gasteiger partial charge in [-0.05, 0) is 28.9 Å². The van der Waals surface area contributed by atoms with Crippen LogP contribution in [0.1, 0.15) is 45.9 Å². The third-order valence-corrected chi connectivity index (χ3v) is 8.04. The second kappa shape index (κ2) is 8.27. The molecule has 2 rings (SSSR count). The van der Waals surface area contributed by atoms with Gasteiger partial charge in [0.25, 0.3) is 0 Å². The summed E-state index contributed by atoms with van der Waals surface area (Å²) < 4.78 is 3.31. The molecule has 1 fully saturated rings. The van der Waals surface area contributed by atoms with Crippen LogP contribution in [-0.4, -0.2) is 37.8 Å². The van der Waals surface area contributed by atoms with Crippen LogP contribution < -0.4 is 5.32 Å². The normalized spacial score (nSPS) is 27.8. The van der Waals surface area contributed by atoms with Crippen molar-refractivity contribution in [2.24, 2.45) is 0 Å². The van der Waals surface area contributed by atoms with Crippen molar-refractivity contribution in [1.29, 1.82) is 0 Å². The van der Waals surface area contributed by atoms with Crippen LogP contribution in [0.15, 0.2) is 10.7 Å². The molecule has 21 heavy (non-hydrogen) atoms. The zero-order valence-corrected chi connectivity index (χ0v) is 16.5. The molecule has 2 heterocycles. The fourth-order valence-corrected chi connectivity index (χ4v) is 6.31. The molecule has 1 N–H and O–H groups in total. The Balaban J connectivity index is 2.24. The first kappa shape index (κ1) is 17.7. The third kappa shape index (κ3) is 4.21. The predicted molar refractivity (Wildman–Crippen MR) is 99.4 cm³/mol. The Kier molecular flexibility index (Phi) is 6.97. The molecule has 0 saturated carbocycles. The van der Waals surface area contributed by atoms with E-state index in [1.165, 1.54) is 11.4 Å². The summed E-state index contributed by atoms with van der Waals surface area (Å²) in [7, 11) is 0. The Morgan fingerprint density at radius 3 is 2.81 bits per heavy atom. The maximum atomic E-state index is 4.55. The summed E-state index contributed by atoms with van der Waals surface area (Å²) in [5.74, 6) is 1.21. The molecule has 4 atom stereocenters. The van der Waals surface area contributed by atoms with Gasteiger partial charge >= 0.3 is 0 Å². The van der Waals surface area contributed by atoms with E-state index in [0.29, 0.717) is 16.5 Å². The monoisotopic (exact) mass is 391 g/mol. The molecule has 0 aromatic carbocycles. The van der Waals surface area contributed by atoms with Gasteiger partial charge in [0.05, 0.1) is 22.4 Å². The van der Waals surface area contributed by atoms with Crippen molar-refractivity contribution in [3.63, 3.8) is 0 Å². The first-order chi connectivity index (χ1) is 10.1. The molecule has 0 bridgehead atoms. The van der Waals surface area contributed by atoms with Gasteiger partial charge in [-0.15, -0.1) is 0 Å². The highest BCUT2D eigenvalue weighted by Crippen LogP contribution is 2.42. The Morgan fingerprint density at radius 1 is 1.43 bits per heavy atom. The molecular weight excluding hydrogens is 366 g/mol. The van der Waals surface area contributed by atoms with Crippen LogP contribution in [0.4, 0.5) is 0 Å². The lowest BCUT2D eigenvalue weighted by molar-refractivity contribution is 0.476. The van der Waals surface area contributed by atoms with Crippen LogP contribution in [-0.2, 0) is 6.54 Å². The molecule has 0 radical (unpaired) electrons. The van der Waals surface area contributed by atoms with Gasteiger partial charge in [0.1, 0.15) is 0 Å². The minimum absolute atomic E-state index is 0.367. The topological polar surface area (TPSA) is 29.9 Å². The number of halogens is 1. The number of aromatic nitrogens is 2. The van der Waals surface area contributed by atoms with Gasteiger partial charge < -0.3 is 5.32 Å². The lowest BCUT2D eigenvalue weighted by Gasteiger charge is -2.36. The lowest BCUT2D eigenvalue weighted by atomic mass is 10.1. The van der Waals surface area contributed by atoms with Gasteiger partial charge in [0.2, 0.25) is 0 Å². The second-order valence-electron chi connectivity index (χ2n) is 5.55. The fourth-order valence-electron chi connectivity index (χ4n) is 2.68. The molecule has 3 nitrogen and oxygen atoms in total. The fraction of sp³-hybridized carbons (Fsp3) is 0.800. The third-order valence-electron chi connectivity index (χ3n) is 3.93. The van der Waals surface area contributed by atoms with Crippen LogP contribution in [0.25, 0.3) is 0 Å². The molecule has 1 aromatic heterocycles. The number of hydrogen-bond acceptors (Lipinski definition) is 4. The van der Waals surface area contributed by atoms with Crippen LogP contribution in [0, 0.1) is 0 Å². The predicted octanol–water partition coefficient (Wildman–Crippen LogP) is 4.33. The van der Waals surface area contributed by atoms with E-state index in [4.69, 9.17) is 0 Å². The SMILES string of the molecule is CCCn1ncc(Br)c1C(NCC)C1CSC(C)C(C)S1. The molecule has 4 unspecified atom stereocenters. The number of nitrogens with zero attached hydrogens (tertiary/aromatic N) is 2. The number of thioether (sulfide) groups is 2. The van der Waals surface area contributed by atoms with E-state index in [1.807, 2.05) is 6.20 Å². The highest BCUT2D eigenvalue weighted by Gasteiger charge is 2.34. The summed E-state index contributed by atoms with van der Waals surface area (Å²) in [4.78, 5) is 0. The zero-order valence-electron chi connectivity index (χ0n) is 13.3. The molecule has 0 spiro atoms. The summed E-state index contributed by atoms with van der Waals surface area (Å²) in [5, 5.41) is 10.3. The first-order valence-corrected chi connectivity index (χ1v) is 10.6. The maximum absolute atomic E-state index is 4.55. The maximum Gasteiger partial charge on any atom is 0.0707 e. The average molecular weight is 392 g/mol. The standard InChI is InChI=1S/C15H26BrN3S2/c1-5-7-19-15(12(16)8-18-19)14(17-6-2)13-9-20-10(3)11(4)21-13/h8,10-11,13-14,17H,5-7,9H2,1-4H3. The Labute approximate surface area is 145 Å². The van der Waals surface area contributed by atoms with E-state index < -0.39 is 0 Å². The molecule has 1 aliphatic rings. The van der Waals surface area contributed by atoms with E-state index in [-0.39, 0.29) is 0 Å². The Morgan fingerprint density at radius 2 is 2.19 bits per heavy atom. The van der Waals surface area contributed by atoms with Crippen molar-refractivity contribution in [2.75, 3.05) is 12.3 Å². The van der Waals surface area contributed by atoms with Crippen molar-refractivity contribution in [3.05, 3.63) is 16.4 Å². The van der Waals surface area contributed by atoms with Gasteiger partial charge in [0, 0.05) is 28.0 Å². The zero-order chi connectivity index (χ0) is 15.4. The molecular formula is C15H26BrN3S2. The highest BCUT2D eigenvalue weighted by molar-refractivity contribution is 9.10. The van der Waals surface area contributed by atoms with E-state index in [1.54, 1.807) is 0 Å². The van der Waals surface area contributed by atoms with Crippen molar-refractivity contribution < 1.29 is 0 Å². The van der Waals surface area contributed by atoms with E-state index in [2.05, 4.69) is 82.2 Å². The van der Waals surface area contributed by atoms with E-state index in [0.717, 1.165) is 29.2 Å². The molecule has 120 valence electrons. The largest absolute Gasteiger partial charge is 0.308 e. The van der Waals surface area contributed by atoms with Crippen LogP contribution in [0.5, 0.6) is 0 Å². The van der Waals surface area contributed by atoms with Crippen molar-refractivity contribution in [2.45, 2.75) is 62.5 Å². The van der Waals surface area contributed by atoms with Gasteiger partial charge in [-0.3, -0.25) is 4.68 Å². The number of aryl methyl sites for hydroxylation is 1. The number of nitrogens with one attached hydrogen (secondary N) is 1. The summed E-state index contributed by atoms with van der Waals surface area (Å²) in [6, 6.07) is 0.367. The summed E-state index contributed by atoms with van der Waals surface area (Å²) in [6.07, 6.45) is 3.06. The first-order valence-electron chi connectivity index (χ1n) is 7.80. The summed E-state index contributed by atoms with van der Waals surface area (Å²) in [6.45, 7) is 11.1. The van der Waals surface area contributed by atoms with E-state index in [9.17, 15) is 0 Å². The molecule has 0 amide bonds. The van der Waals surface area contributed by atoms with Gasteiger partial charge in [-0.2, -0.15) is 28.6 Å². The molecule has 1 saturated heterocycles. The van der Waals surface area contributed by atoms with Crippen molar-refractivity contribution in [1.82, 2.24) is 15.1 Å².